The van der Waals surface area contributed by atoms with E-state index in [9.17, 15) is 13.9 Å². The van der Waals surface area contributed by atoms with Crippen LogP contribution in [0.25, 0.3) is 0 Å². The second-order valence-electron chi connectivity index (χ2n) is 4.05. The Balaban J connectivity index is 2.22. The SMILES string of the molecule is OC(c1ccccc1)C(F)(F)C#Cc1ccccc1. The molecule has 0 heterocycles. The van der Waals surface area contributed by atoms with Gasteiger partial charge in [-0.05, 0) is 23.6 Å². The van der Waals surface area contributed by atoms with Gasteiger partial charge < -0.3 is 5.11 Å². The Bertz CT molecular complexity index is 582. The molecule has 0 aliphatic heterocycles. The Morgan fingerprint density at radius 2 is 1.42 bits per heavy atom. The lowest BCUT2D eigenvalue weighted by Gasteiger charge is -2.17. The number of hydrogen-bond donors (Lipinski definition) is 1. The zero-order valence-corrected chi connectivity index (χ0v) is 10.1. The van der Waals surface area contributed by atoms with Gasteiger partial charge in [0.25, 0.3) is 0 Å². The maximum Gasteiger partial charge on any atom is 0.337 e. The monoisotopic (exact) mass is 258 g/mol. The van der Waals surface area contributed by atoms with E-state index in [4.69, 9.17) is 0 Å². The molecule has 1 nitrogen and oxygen atoms in total. The first-order valence-corrected chi connectivity index (χ1v) is 5.78. The quantitative estimate of drug-likeness (QED) is 0.818. The van der Waals surface area contributed by atoms with Crippen molar-refractivity contribution in [2.24, 2.45) is 0 Å². The molecule has 0 bridgehead atoms. The molecule has 1 atom stereocenters. The van der Waals surface area contributed by atoms with Gasteiger partial charge in [0.1, 0.15) is 0 Å². The van der Waals surface area contributed by atoms with Crippen LogP contribution in [-0.4, -0.2) is 11.0 Å². The highest BCUT2D eigenvalue weighted by atomic mass is 19.3. The Labute approximate surface area is 110 Å². The fourth-order valence-electron chi connectivity index (χ4n) is 1.59. The summed E-state index contributed by atoms with van der Waals surface area (Å²) in [7, 11) is 0. The summed E-state index contributed by atoms with van der Waals surface area (Å²) in [5.74, 6) is 0.727. The van der Waals surface area contributed by atoms with Crippen molar-refractivity contribution in [1.29, 1.82) is 0 Å². The van der Waals surface area contributed by atoms with Crippen molar-refractivity contribution in [3.05, 3.63) is 71.8 Å². The van der Waals surface area contributed by atoms with Gasteiger partial charge in [-0.1, -0.05) is 54.5 Å². The fourth-order valence-corrected chi connectivity index (χ4v) is 1.59. The predicted molar refractivity (Wildman–Crippen MR) is 69.7 cm³/mol. The van der Waals surface area contributed by atoms with E-state index in [-0.39, 0.29) is 5.56 Å². The van der Waals surface area contributed by atoms with Gasteiger partial charge in [0.15, 0.2) is 6.10 Å². The number of rotatable bonds is 2. The molecule has 0 aliphatic rings. The second-order valence-corrected chi connectivity index (χ2v) is 4.05. The first-order chi connectivity index (χ1) is 9.09. The van der Waals surface area contributed by atoms with Gasteiger partial charge in [-0.15, -0.1) is 0 Å². The van der Waals surface area contributed by atoms with Crippen molar-refractivity contribution in [2.45, 2.75) is 12.0 Å². The van der Waals surface area contributed by atoms with E-state index in [1.165, 1.54) is 12.1 Å². The molecule has 0 radical (unpaired) electrons. The number of hydrogen-bond acceptors (Lipinski definition) is 1. The van der Waals surface area contributed by atoms with Crippen molar-refractivity contribution in [2.75, 3.05) is 0 Å². The molecule has 0 saturated heterocycles. The minimum Gasteiger partial charge on any atom is -0.381 e. The van der Waals surface area contributed by atoms with E-state index < -0.39 is 12.0 Å². The van der Waals surface area contributed by atoms with Crippen LogP contribution >= 0.6 is 0 Å². The molecule has 19 heavy (non-hydrogen) atoms. The van der Waals surface area contributed by atoms with Crippen molar-refractivity contribution < 1.29 is 13.9 Å². The van der Waals surface area contributed by atoms with Crippen LogP contribution in [0.5, 0.6) is 0 Å². The molecular weight excluding hydrogens is 246 g/mol. The fraction of sp³-hybridized carbons (Fsp3) is 0.125. The van der Waals surface area contributed by atoms with Gasteiger partial charge in [0, 0.05) is 5.56 Å². The second kappa shape index (κ2) is 5.64. The molecule has 96 valence electrons. The predicted octanol–water partition coefficient (Wildman–Crippen LogP) is 3.41. The molecule has 0 amide bonds. The van der Waals surface area contributed by atoms with Crippen molar-refractivity contribution >= 4 is 0 Å². The molecule has 0 saturated carbocycles. The Morgan fingerprint density at radius 3 is 2.00 bits per heavy atom. The lowest BCUT2D eigenvalue weighted by atomic mass is 10.0. The summed E-state index contributed by atoms with van der Waals surface area (Å²) >= 11 is 0. The molecule has 3 heteroatoms. The molecular formula is C16H12F2O. The van der Waals surface area contributed by atoms with Crippen molar-refractivity contribution in [3.8, 4) is 11.8 Å². The molecule has 2 aromatic rings. The summed E-state index contributed by atoms with van der Waals surface area (Å²) in [5.41, 5.74) is 0.636. The minimum atomic E-state index is -3.49. The Morgan fingerprint density at radius 1 is 0.895 bits per heavy atom. The molecule has 2 rings (SSSR count). The average molecular weight is 258 g/mol. The molecule has 0 aromatic heterocycles. The summed E-state index contributed by atoms with van der Waals surface area (Å²) in [6, 6.07) is 16.3. The van der Waals surface area contributed by atoms with Crippen LogP contribution in [0, 0.1) is 11.8 Å². The summed E-state index contributed by atoms with van der Waals surface area (Å²) in [4.78, 5) is 0. The molecule has 2 aromatic carbocycles. The highest BCUT2D eigenvalue weighted by Gasteiger charge is 2.37. The first kappa shape index (κ1) is 13.3. The summed E-state index contributed by atoms with van der Waals surface area (Å²) in [6.07, 6.45) is -1.93. The molecule has 1 unspecified atom stereocenters. The number of benzene rings is 2. The third-order valence-electron chi connectivity index (χ3n) is 2.61. The highest BCUT2D eigenvalue weighted by molar-refractivity contribution is 5.36. The van der Waals surface area contributed by atoms with Crippen LogP contribution in [0.4, 0.5) is 8.78 Å². The van der Waals surface area contributed by atoms with Gasteiger partial charge in [0.2, 0.25) is 0 Å². The van der Waals surface area contributed by atoms with E-state index in [2.05, 4.69) is 5.92 Å². The average Bonchev–Trinajstić information content (AvgIpc) is 2.46. The summed E-state index contributed by atoms with van der Waals surface area (Å²) in [5, 5.41) is 9.67. The number of aliphatic hydroxyl groups is 1. The van der Waals surface area contributed by atoms with E-state index in [0.29, 0.717) is 5.56 Å². The van der Waals surface area contributed by atoms with Crippen molar-refractivity contribution in [3.63, 3.8) is 0 Å². The molecule has 0 fully saturated rings. The van der Waals surface area contributed by atoms with Gasteiger partial charge in [-0.2, -0.15) is 8.78 Å². The maximum atomic E-state index is 13.8. The van der Waals surface area contributed by atoms with Gasteiger partial charge >= 0.3 is 5.92 Å². The van der Waals surface area contributed by atoms with Gasteiger partial charge in [-0.3, -0.25) is 0 Å². The van der Waals surface area contributed by atoms with Crippen LogP contribution in [0.3, 0.4) is 0 Å². The number of alkyl halides is 2. The van der Waals surface area contributed by atoms with Crippen molar-refractivity contribution in [1.82, 2.24) is 0 Å². The highest BCUT2D eigenvalue weighted by Crippen LogP contribution is 2.30. The van der Waals surface area contributed by atoms with E-state index in [1.54, 1.807) is 48.5 Å². The largest absolute Gasteiger partial charge is 0.381 e. The van der Waals surface area contributed by atoms with Crippen LogP contribution in [0.1, 0.15) is 17.2 Å². The third kappa shape index (κ3) is 3.40. The molecule has 0 spiro atoms. The van der Waals surface area contributed by atoms with E-state index >= 15 is 0 Å². The molecule has 0 aliphatic carbocycles. The van der Waals surface area contributed by atoms with E-state index in [1.807, 2.05) is 5.92 Å². The smallest absolute Gasteiger partial charge is 0.337 e. The third-order valence-corrected chi connectivity index (χ3v) is 2.61. The zero-order chi connectivity index (χ0) is 13.7. The number of aliphatic hydroxyl groups excluding tert-OH is 1. The molecule has 1 N–H and O–H groups in total. The maximum absolute atomic E-state index is 13.8. The minimum absolute atomic E-state index is 0.148. The van der Waals surface area contributed by atoms with Crippen LogP contribution < -0.4 is 0 Å². The normalized spacial score (nSPS) is 12.4. The zero-order valence-electron chi connectivity index (χ0n) is 10.1. The van der Waals surface area contributed by atoms with Crippen LogP contribution in [0.15, 0.2) is 60.7 Å². The van der Waals surface area contributed by atoms with Gasteiger partial charge in [-0.25, -0.2) is 0 Å². The summed E-state index contributed by atoms with van der Waals surface area (Å²) in [6.45, 7) is 0. The number of halogens is 2. The Hall–Kier alpha value is -2.18. The van der Waals surface area contributed by atoms with E-state index in [0.717, 1.165) is 0 Å². The lowest BCUT2D eigenvalue weighted by Crippen LogP contribution is -2.24. The summed E-state index contributed by atoms with van der Waals surface area (Å²) < 4.78 is 27.5. The topological polar surface area (TPSA) is 20.2 Å². The van der Waals surface area contributed by atoms with Crippen LogP contribution in [-0.2, 0) is 0 Å². The van der Waals surface area contributed by atoms with Crippen LogP contribution in [0.2, 0.25) is 0 Å². The lowest BCUT2D eigenvalue weighted by molar-refractivity contribution is -0.0635. The van der Waals surface area contributed by atoms with Gasteiger partial charge in [0.05, 0.1) is 0 Å². The standard InChI is InChI=1S/C16H12F2O/c17-16(18,12-11-13-7-3-1-4-8-13)15(19)14-9-5-2-6-10-14/h1-10,15,19H. The Kier molecular flexibility index (Phi) is 3.94. The first-order valence-electron chi connectivity index (χ1n) is 5.78.